The second kappa shape index (κ2) is 5.02. The number of guanidine groups is 2. The van der Waals surface area contributed by atoms with E-state index in [9.17, 15) is 4.39 Å². The van der Waals surface area contributed by atoms with Gasteiger partial charge in [0.25, 0.3) is 0 Å². The second-order valence-electron chi connectivity index (χ2n) is 5.75. The Kier molecular flexibility index (Phi) is 3.31. The molecule has 1 aliphatic heterocycles. The number of hydrogen-bond donors (Lipinski definition) is 2. The van der Waals surface area contributed by atoms with E-state index in [1.165, 1.54) is 12.5 Å². The van der Waals surface area contributed by atoms with Gasteiger partial charge in [-0.2, -0.15) is 4.99 Å². The van der Waals surface area contributed by atoms with E-state index in [1.807, 2.05) is 4.90 Å². The van der Waals surface area contributed by atoms with E-state index in [4.69, 9.17) is 11.5 Å². The van der Waals surface area contributed by atoms with E-state index in [0.717, 1.165) is 31.4 Å². The zero-order chi connectivity index (χ0) is 15.0. The van der Waals surface area contributed by atoms with Crippen LogP contribution >= 0.6 is 0 Å². The summed E-state index contributed by atoms with van der Waals surface area (Å²) in [5.41, 5.74) is 12.9. The first-order chi connectivity index (χ1) is 10.0. The average molecular weight is 289 g/mol. The third-order valence-corrected chi connectivity index (χ3v) is 4.25. The van der Waals surface area contributed by atoms with Crippen molar-refractivity contribution in [3.05, 3.63) is 29.6 Å². The van der Waals surface area contributed by atoms with Crippen LogP contribution in [0.3, 0.4) is 0 Å². The first-order valence-corrected chi connectivity index (χ1v) is 7.28. The first-order valence-electron chi connectivity index (χ1n) is 7.28. The van der Waals surface area contributed by atoms with Crippen LogP contribution in [0.4, 0.5) is 10.1 Å². The summed E-state index contributed by atoms with van der Waals surface area (Å²) >= 11 is 0. The van der Waals surface area contributed by atoms with Crippen molar-refractivity contribution < 1.29 is 4.39 Å². The molecule has 1 spiro atoms. The number of nitrogens with zero attached hydrogens (tertiary/aromatic N) is 3. The van der Waals surface area contributed by atoms with Crippen molar-refractivity contribution in [1.82, 2.24) is 0 Å². The molecule has 3 rings (SSSR count). The maximum absolute atomic E-state index is 13.5. The molecule has 0 unspecified atom stereocenters. The molecule has 1 heterocycles. The lowest BCUT2D eigenvalue weighted by molar-refractivity contribution is 0.305. The molecule has 21 heavy (non-hydrogen) atoms. The zero-order valence-corrected chi connectivity index (χ0v) is 12.1. The smallest absolute Gasteiger partial charge is 0.220 e. The van der Waals surface area contributed by atoms with E-state index in [-0.39, 0.29) is 11.8 Å². The molecule has 6 heteroatoms. The van der Waals surface area contributed by atoms with Crippen LogP contribution in [0.1, 0.15) is 37.7 Å². The van der Waals surface area contributed by atoms with Crippen LogP contribution in [0.5, 0.6) is 0 Å². The molecular formula is C15H20FN5. The predicted molar refractivity (Wildman–Crippen MR) is 82.7 cm³/mol. The Morgan fingerprint density at radius 3 is 2.57 bits per heavy atom. The van der Waals surface area contributed by atoms with Gasteiger partial charge in [-0.15, -0.1) is 0 Å². The highest BCUT2D eigenvalue weighted by Gasteiger charge is 2.42. The van der Waals surface area contributed by atoms with Gasteiger partial charge in [-0.05, 0) is 56.4 Å². The molecule has 1 aromatic carbocycles. The highest BCUT2D eigenvalue weighted by atomic mass is 19.1. The van der Waals surface area contributed by atoms with Crippen molar-refractivity contribution in [3.8, 4) is 0 Å². The van der Waals surface area contributed by atoms with Crippen LogP contribution in [-0.4, -0.2) is 17.6 Å². The number of hydrogen-bond acceptors (Lipinski definition) is 5. The Balaban J connectivity index is 2.08. The van der Waals surface area contributed by atoms with Gasteiger partial charge in [0.1, 0.15) is 11.5 Å². The molecule has 1 aromatic rings. The molecule has 0 bridgehead atoms. The molecule has 0 atom stereocenters. The zero-order valence-electron chi connectivity index (χ0n) is 12.1. The Hall–Kier alpha value is -2.11. The highest BCUT2D eigenvalue weighted by Crippen LogP contribution is 2.39. The summed E-state index contributed by atoms with van der Waals surface area (Å²) in [6.07, 6.45) is 5.08. The monoisotopic (exact) mass is 289 g/mol. The Bertz CT molecular complexity index is 616. The Morgan fingerprint density at radius 1 is 1.19 bits per heavy atom. The molecule has 1 saturated carbocycles. The highest BCUT2D eigenvalue weighted by molar-refractivity contribution is 6.05. The summed E-state index contributed by atoms with van der Waals surface area (Å²) in [4.78, 5) is 10.6. The second-order valence-corrected chi connectivity index (χ2v) is 5.75. The fourth-order valence-electron chi connectivity index (χ4n) is 3.26. The maximum atomic E-state index is 13.5. The fourth-order valence-corrected chi connectivity index (χ4v) is 3.26. The van der Waals surface area contributed by atoms with Crippen LogP contribution in [0.25, 0.3) is 0 Å². The van der Waals surface area contributed by atoms with Crippen LogP contribution in [0, 0.1) is 12.7 Å². The normalized spacial score (nSPS) is 21.1. The van der Waals surface area contributed by atoms with E-state index in [2.05, 4.69) is 9.98 Å². The van der Waals surface area contributed by atoms with Crippen molar-refractivity contribution in [3.63, 3.8) is 0 Å². The molecule has 112 valence electrons. The SMILES string of the molecule is Cc1cc(N2C(N)=NC(N)=NC23CCCCC3)ccc1F. The number of rotatable bonds is 1. The molecule has 5 nitrogen and oxygen atoms in total. The van der Waals surface area contributed by atoms with Crippen LogP contribution in [0.2, 0.25) is 0 Å². The Labute approximate surface area is 123 Å². The van der Waals surface area contributed by atoms with E-state index in [1.54, 1.807) is 19.1 Å². The molecule has 2 aliphatic rings. The topological polar surface area (TPSA) is 80.0 Å². The predicted octanol–water partition coefficient (Wildman–Crippen LogP) is 2.24. The molecule has 4 N–H and O–H groups in total. The molecule has 1 aliphatic carbocycles. The van der Waals surface area contributed by atoms with Crippen molar-refractivity contribution in [1.29, 1.82) is 0 Å². The van der Waals surface area contributed by atoms with Gasteiger partial charge in [-0.25, -0.2) is 9.38 Å². The van der Waals surface area contributed by atoms with Gasteiger partial charge in [0.2, 0.25) is 11.9 Å². The molecular weight excluding hydrogens is 269 g/mol. The molecule has 0 saturated heterocycles. The minimum absolute atomic E-state index is 0.226. The number of nitrogens with two attached hydrogens (primary N) is 2. The van der Waals surface area contributed by atoms with Crippen LogP contribution < -0.4 is 16.4 Å². The average Bonchev–Trinajstić information content (AvgIpc) is 2.42. The van der Waals surface area contributed by atoms with Gasteiger partial charge >= 0.3 is 0 Å². The number of aryl methyl sites for hydroxylation is 1. The van der Waals surface area contributed by atoms with Gasteiger partial charge in [0.05, 0.1) is 0 Å². The minimum Gasteiger partial charge on any atom is -0.369 e. The van der Waals surface area contributed by atoms with E-state index >= 15 is 0 Å². The van der Waals surface area contributed by atoms with Gasteiger partial charge in [-0.3, -0.25) is 4.90 Å². The minimum atomic E-state index is -0.474. The number of halogens is 1. The number of aliphatic imine (C=N–C) groups is 2. The lowest BCUT2D eigenvalue weighted by Crippen LogP contribution is -2.58. The number of anilines is 1. The van der Waals surface area contributed by atoms with Crippen molar-refractivity contribution in [2.75, 3.05) is 4.90 Å². The third-order valence-electron chi connectivity index (χ3n) is 4.25. The van der Waals surface area contributed by atoms with Crippen molar-refractivity contribution in [2.24, 2.45) is 21.5 Å². The van der Waals surface area contributed by atoms with Gasteiger partial charge in [-0.1, -0.05) is 6.42 Å². The summed E-state index contributed by atoms with van der Waals surface area (Å²) in [6.45, 7) is 1.74. The van der Waals surface area contributed by atoms with Crippen molar-refractivity contribution >= 4 is 17.6 Å². The van der Waals surface area contributed by atoms with Crippen LogP contribution in [0.15, 0.2) is 28.2 Å². The van der Waals surface area contributed by atoms with Gasteiger partial charge in [0.15, 0.2) is 0 Å². The molecule has 1 fully saturated rings. The summed E-state index contributed by atoms with van der Waals surface area (Å²) < 4.78 is 13.5. The third kappa shape index (κ3) is 2.34. The van der Waals surface area contributed by atoms with Gasteiger partial charge in [0, 0.05) is 5.69 Å². The quantitative estimate of drug-likeness (QED) is 0.832. The summed E-state index contributed by atoms with van der Waals surface area (Å²) in [5.74, 6) is 0.326. The first kappa shape index (κ1) is 13.9. The summed E-state index contributed by atoms with van der Waals surface area (Å²) in [7, 11) is 0. The molecule has 0 aromatic heterocycles. The van der Waals surface area contributed by atoms with E-state index < -0.39 is 5.66 Å². The molecule has 0 radical (unpaired) electrons. The maximum Gasteiger partial charge on any atom is 0.220 e. The Morgan fingerprint density at radius 2 is 1.90 bits per heavy atom. The van der Waals surface area contributed by atoms with Gasteiger partial charge < -0.3 is 11.5 Å². The van der Waals surface area contributed by atoms with Crippen LogP contribution in [-0.2, 0) is 0 Å². The van der Waals surface area contributed by atoms with Crippen molar-refractivity contribution in [2.45, 2.75) is 44.7 Å². The van der Waals surface area contributed by atoms with E-state index in [0.29, 0.717) is 11.5 Å². The summed E-state index contributed by atoms with van der Waals surface area (Å²) in [5, 5.41) is 0. The fraction of sp³-hybridized carbons (Fsp3) is 0.467. The molecule has 0 amide bonds. The lowest BCUT2D eigenvalue weighted by atomic mass is 9.87. The standard InChI is InChI=1S/C15H20FN5/c1-10-9-11(5-6-12(10)16)21-14(18)19-13(17)20-15(21)7-3-2-4-8-15/h5-6,9H,2-4,7-8H2,1H3,(H4,17,18,19,20). The number of benzene rings is 1. The lowest BCUT2D eigenvalue weighted by Gasteiger charge is -2.45. The summed E-state index contributed by atoms with van der Waals surface area (Å²) in [6, 6.07) is 4.96. The largest absolute Gasteiger partial charge is 0.369 e.